The number of aliphatic carboxylic acids is 1. The molecular weight excluding hydrogens is 208 g/mol. The predicted molar refractivity (Wildman–Crippen MR) is 62.8 cm³/mol. The van der Waals surface area contributed by atoms with Crippen LogP contribution in [0.2, 0.25) is 0 Å². The Kier molecular flexibility index (Phi) is 6.56. The highest BCUT2D eigenvalue weighted by Crippen LogP contribution is 2.21. The van der Waals surface area contributed by atoms with Crippen LogP contribution in [0.4, 0.5) is 0 Å². The minimum Gasteiger partial charge on any atom is -0.479 e. The smallest absolute Gasteiger partial charge is 0.335 e. The molecule has 0 heterocycles. The van der Waals surface area contributed by atoms with E-state index in [9.17, 15) is 4.79 Å². The second kappa shape index (κ2) is 7.11. The lowest BCUT2D eigenvalue weighted by Crippen LogP contribution is -2.41. The second-order valence-electron chi connectivity index (χ2n) is 3.52. The van der Waals surface area contributed by atoms with Gasteiger partial charge in [-0.25, -0.2) is 4.79 Å². The van der Waals surface area contributed by atoms with Crippen molar-refractivity contribution in [2.24, 2.45) is 5.73 Å². The lowest BCUT2D eigenvalue weighted by Gasteiger charge is -2.27. The number of nitrogens with one attached hydrogen (secondary N) is 1. The highest BCUT2D eigenvalue weighted by Gasteiger charge is 2.35. The molecule has 0 aliphatic carbocycles. The van der Waals surface area contributed by atoms with Crippen molar-refractivity contribution in [1.29, 1.82) is 0 Å². The van der Waals surface area contributed by atoms with Gasteiger partial charge in [-0.15, -0.1) is 0 Å². The molecule has 0 aromatic carbocycles. The largest absolute Gasteiger partial charge is 0.479 e. The number of likely N-dealkylation sites (N-methyl/N-ethyl adjacent to an activating group) is 1. The Morgan fingerprint density at radius 1 is 1.44 bits per heavy atom. The van der Waals surface area contributed by atoms with Crippen molar-refractivity contribution in [3.8, 4) is 0 Å². The first-order chi connectivity index (χ1) is 7.56. The van der Waals surface area contributed by atoms with E-state index in [1.807, 2.05) is 6.92 Å². The van der Waals surface area contributed by atoms with Crippen LogP contribution in [0.1, 0.15) is 33.6 Å². The van der Waals surface area contributed by atoms with Gasteiger partial charge in [0.05, 0.1) is 12.3 Å². The molecular formula is C11H22N2O3. The van der Waals surface area contributed by atoms with E-state index in [0.717, 1.165) is 6.54 Å². The Morgan fingerprint density at radius 2 is 2.00 bits per heavy atom. The van der Waals surface area contributed by atoms with Crippen LogP contribution in [0.3, 0.4) is 0 Å². The van der Waals surface area contributed by atoms with Gasteiger partial charge in [0, 0.05) is 12.7 Å². The lowest BCUT2D eigenvalue weighted by atomic mass is 9.97. The Balaban J connectivity index is 4.48. The molecule has 94 valence electrons. The van der Waals surface area contributed by atoms with Crippen LogP contribution >= 0.6 is 0 Å². The van der Waals surface area contributed by atoms with E-state index in [4.69, 9.17) is 15.6 Å². The van der Waals surface area contributed by atoms with E-state index in [0.29, 0.717) is 18.5 Å². The van der Waals surface area contributed by atoms with Gasteiger partial charge < -0.3 is 20.9 Å². The van der Waals surface area contributed by atoms with Crippen LogP contribution in [0, 0.1) is 0 Å². The topological polar surface area (TPSA) is 84.6 Å². The zero-order valence-corrected chi connectivity index (χ0v) is 10.2. The quantitative estimate of drug-likeness (QED) is 0.580. The van der Waals surface area contributed by atoms with Crippen molar-refractivity contribution in [3.05, 3.63) is 11.9 Å². The fourth-order valence-corrected chi connectivity index (χ4v) is 1.42. The molecule has 5 nitrogen and oxygen atoms in total. The molecule has 0 amide bonds. The van der Waals surface area contributed by atoms with Crippen molar-refractivity contribution in [3.63, 3.8) is 0 Å². The Bertz CT molecular complexity index is 248. The number of carbonyl (C=O) groups is 1. The molecule has 0 unspecified atom stereocenters. The first-order valence-electron chi connectivity index (χ1n) is 5.58. The summed E-state index contributed by atoms with van der Waals surface area (Å²) in [5, 5.41) is 12.2. The second-order valence-corrected chi connectivity index (χ2v) is 3.52. The molecule has 0 rings (SSSR count). The molecule has 5 heteroatoms. The van der Waals surface area contributed by atoms with E-state index < -0.39 is 11.6 Å². The zero-order valence-electron chi connectivity index (χ0n) is 10.2. The van der Waals surface area contributed by atoms with Crippen molar-refractivity contribution in [2.45, 2.75) is 39.2 Å². The maximum absolute atomic E-state index is 11.1. The Hall–Kier alpha value is -1.23. The maximum Gasteiger partial charge on any atom is 0.335 e. The number of nitrogens with two attached hydrogens (primary N) is 1. The minimum atomic E-state index is -1.11. The lowest BCUT2D eigenvalue weighted by molar-refractivity contribution is -0.166. The SMILES string of the molecule is CCN/C(=C\N)COC(CC)(CC)C(=O)O. The molecule has 0 bridgehead atoms. The number of hydrogen-bond acceptors (Lipinski definition) is 4. The molecule has 0 fully saturated rings. The van der Waals surface area contributed by atoms with Crippen LogP contribution in [0.15, 0.2) is 11.9 Å². The van der Waals surface area contributed by atoms with Crippen molar-refractivity contribution in [1.82, 2.24) is 5.32 Å². The van der Waals surface area contributed by atoms with Gasteiger partial charge in [-0.1, -0.05) is 13.8 Å². The fourth-order valence-electron chi connectivity index (χ4n) is 1.42. The fraction of sp³-hybridized carbons (Fsp3) is 0.727. The average molecular weight is 230 g/mol. The molecule has 0 saturated carbocycles. The minimum absolute atomic E-state index is 0.193. The van der Waals surface area contributed by atoms with Crippen LogP contribution < -0.4 is 11.1 Å². The molecule has 0 aromatic rings. The van der Waals surface area contributed by atoms with Crippen LogP contribution in [0.5, 0.6) is 0 Å². The van der Waals surface area contributed by atoms with Crippen molar-refractivity contribution >= 4 is 5.97 Å². The summed E-state index contributed by atoms with van der Waals surface area (Å²) < 4.78 is 5.48. The number of ether oxygens (including phenoxy) is 1. The molecule has 4 N–H and O–H groups in total. The summed E-state index contributed by atoms with van der Waals surface area (Å²) in [6, 6.07) is 0. The van der Waals surface area contributed by atoms with Crippen LogP contribution in [-0.4, -0.2) is 29.8 Å². The summed E-state index contributed by atoms with van der Waals surface area (Å²) in [4.78, 5) is 11.1. The Morgan fingerprint density at radius 3 is 2.31 bits per heavy atom. The molecule has 0 saturated heterocycles. The van der Waals surface area contributed by atoms with Crippen LogP contribution in [0.25, 0.3) is 0 Å². The molecule has 16 heavy (non-hydrogen) atoms. The summed E-state index contributed by atoms with van der Waals surface area (Å²) in [5.74, 6) is -0.926. The van der Waals surface area contributed by atoms with Gasteiger partial charge in [0.1, 0.15) is 0 Å². The number of carboxylic acid groups (broad SMARTS) is 1. The average Bonchev–Trinajstić information content (AvgIpc) is 2.29. The van der Waals surface area contributed by atoms with Gasteiger partial charge in [-0.05, 0) is 19.8 Å². The monoisotopic (exact) mass is 230 g/mol. The predicted octanol–water partition coefficient (Wildman–Crippen LogP) is 1.06. The van der Waals surface area contributed by atoms with E-state index >= 15 is 0 Å². The van der Waals surface area contributed by atoms with E-state index in [-0.39, 0.29) is 6.61 Å². The van der Waals surface area contributed by atoms with Crippen molar-refractivity contribution < 1.29 is 14.6 Å². The molecule has 0 aliphatic heterocycles. The maximum atomic E-state index is 11.1. The first kappa shape index (κ1) is 14.8. The van der Waals surface area contributed by atoms with Gasteiger partial charge in [0.25, 0.3) is 0 Å². The van der Waals surface area contributed by atoms with Gasteiger partial charge in [0.2, 0.25) is 0 Å². The molecule has 0 spiro atoms. The van der Waals surface area contributed by atoms with Gasteiger partial charge in [-0.2, -0.15) is 0 Å². The third-order valence-corrected chi connectivity index (χ3v) is 2.64. The summed E-state index contributed by atoms with van der Waals surface area (Å²) >= 11 is 0. The molecule has 0 aliphatic rings. The highest BCUT2D eigenvalue weighted by atomic mass is 16.5. The van der Waals surface area contributed by atoms with E-state index in [2.05, 4.69) is 5.32 Å². The normalized spacial score (nSPS) is 12.6. The summed E-state index contributed by atoms with van der Waals surface area (Å²) in [6.45, 7) is 6.46. The number of carboxylic acids is 1. The summed E-state index contributed by atoms with van der Waals surface area (Å²) in [6.07, 6.45) is 2.27. The highest BCUT2D eigenvalue weighted by molar-refractivity contribution is 5.77. The molecule has 0 aromatic heterocycles. The Labute approximate surface area is 96.7 Å². The summed E-state index contributed by atoms with van der Waals surface area (Å²) in [7, 11) is 0. The van der Waals surface area contributed by atoms with Gasteiger partial charge >= 0.3 is 5.97 Å². The van der Waals surface area contributed by atoms with E-state index in [1.54, 1.807) is 13.8 Å². The van der Waals surface area contributed by atoms with Gasteiger partial charge in [0.15, 0.2) is 5.60 Å². The number of hydrogen-bond donors (Lipinski definition) is 3. The van der Waals surface area contributed by atoms with Crippen molar-refractivity contribution in [2.75, 3.05) is 13.2 Å². The molecule has 0 atom stereocenters. The number of rotatable bonds is 8. The van der Waals surface area contributed by atoms with Gasteiger partial charge in [-0.3, -0.25) is 0 Å². The third-order valence-electron chi connectivity index (χ3n) is 2.64. The standard InChI is InChI=1S/C11H22N2O3/c1-4-11(5-2,10(14)15)16-8-9(7-12)13-6-3/h7,13H,4-6,8,12H2,1-3H3,(H,14,15)/b9-7-. The molecule has 0 radical (unpaired) electrons. The third kappa shape index (κ3) is 3.73. The first-order valence-corrected chi connectivity index (χ1v) is 5.58. The zero-order chi connectivity index (χ0) is 12.6. The van der Waals surface area contributed by atoms with Crippen LogP contribution in [-0.2, 0) is 9.53 Å². The summed E-state index contributed by atoms with van der Waals surface area (Å²) in [5.41, 5.74) is 4.99. The van der Waals surface area contributed by atoms with E-state index in [1.165, 1.54) is 6.20 Å².